The van der Waals surface area contributed by atoms with Gasteiger partial charge in [0.1, 0.15) is 17.1 Å². The van der Waals surface area contributed by atoms with Crippen molar-refractivity contribution in [1.29, 1.82) is 0 Å². The standard InChI is InChI=1S/C22H22N6O7S2.Na.H/c1-22(2,20(33)34)35-26-13(12-10-37-21(23)24-12)16(29)25-14-17(30)28-15(19(31)32)11(9-36-18(14)28)8-27-6-4-3-5-7-27;;/h3-7,10,14,18H,8-9H2,1-2H3,(H4-,23,24,25,29,31,32,33,34);;/t14-,18-;;/m1../s1. The molecule has 0 aromatic carbocycles. The summed E-state index contributed by atoms with van der Waals surface area (Å²) < 4.78 is 1.78. The summed E-state index contributed by atoms with van der Waals surface area (Å²) in [5.74, 6) is -4.01. The van der Waals surface area contributed by atoms with Crippen LogP contribution in [-0.2, 0) is 30.6 Å². The van der Waals surface area contributed by atoms with Gasteiger partial charge in [-0.25, -0.2) is 14.3 Å². The first-order valence-corrected chi connectivity index (χ1v) is 12.8. The molecule has 0 radical (unpaired) electrons. The number of carboxylic acid groups (broad SMARTS) is 2. The molecule has 4 rings (SSSR count). The first-order chi connectivity index (χ1) is 17.5. The van der Waals surface area contributed by atoms with Crippen molar-refractivity contribution in [2.45, 2.75) is 37.4 Å². The number of β-lactam (4-membered cyclic amide) rings is 1. The van der Waals surface area contributed by atoms with Crippen LogP contribution in [0, 0.1) is 0 Å². The van der Waals surface area contributed by atoms with E-state index in [2.05, 4.69) is 15.5 Å². The SMILES string of the molecule is CC(C)(ON=C(C(=O)N[C@@H]1C(=O)N2C(C(=O)[O-])=C(C[n+]3ccccc3)CS[C@H]12)c1csc(N)n1)C(=O)O.[NaH]. The van der Waals surface area contributed by atoms with Gasteiger partial charge in [-0.1, -0.05) is 11.2 Å². The van der Waals surface area contributed by atoms with Gasteiger partial charge >= 0.3 is 35.5 Å². The molecule has 0 saturated carbocycles. The molecular formula is C22H23N6NaO7S2. The average Bonchev–Trinajstić information content (AvgIpc) is 3.28. The van der Waals surface area contributed by atoms with Crippen LogP contribution in [0.15, 0.2) is 52.4 Å². The molecule has 13 nitrogen and oxygen atoms in total. The summed E-state index contributed by atoms with van der Waals surface area (Å²) >= 11 is 2.32. The number of pyridine rings is 1. The molecule has 0 unspecified atom stereocenters. The molecule has 0 bridgehead atoms. The maximum atomic E-state index is 13.1. The van der Waals surface area contributed by atoms with Crippen molar-refractivity contribution in [3.05, 3.63) is 52.9 Å². The Morgan fingerprint density at radius 2 is 2.03 bits per heavy atom. The normalized spacial score (nSPS) is 19.2. The third-order valence-corrected chi connectivity index (χ3v) is 7.55. The number of nitrogen functional groups attached to an aromatic ring is 1. The predicted octanol–water partition coefficient (Wildman–Crippen LogP) is -1.95. The van der Waals surface area contributed by atoms with E-state index in [1.165, 1.54) is 31.0 Å². The van der Waals surface area contributed by atoms with Crippen molar-refractivity contribution in [3.8, 4) is 0 Å². The van der Waals surface area contributed by atoms with E-state index in [1.807, 2.05) is 6.07 Å². The van der Waals surface area contributed by atoms with Gasteiger partial charge in [0.25, 0.3) is 11.8 Å². The van der Waals surface area contributed by atoms with Gasteiger partial charge in [-0.2, -0.15) is 0 Å². The second kappa shape index (κ2) is 11.8. The van der Waals surface area contributed by atoms with Crippen molar-refractivity contribution >= 4 is 87.3 Å². The van der Waals surface area contributed by atoms with E-state index in [-0.39, 0.29) is 58.3 Å². The number of oxime groups is 1. The Morgan fingerprint density at radius 1 is 1.34 bits per heavy atom. The molecular weight excluding hydrogens is 547 g/mol. The Morgan fingerprint density at radius 3 is 2.61 bits per heavy atom. The van der Waals surface area contributed by atoms with Crippen LogP contribution in [0.5, 0.6) is 0 Å². The van der Waals surface area contributed by atoms with Crippen molar-refractivity contribution in [2.24, 2.45) is 5.16 Å². The number of carbonyl (C=O) groups excluding carboxylic acids is 3. The zero-order chi connectivity index (χ0) is 26.9. The minimum absolute atomic E-state index is 0. The Labute approximate surface area is 247 Å². The Balaban J connectivity index is 0.00000400. The molecule has 2 aliphatic rings. The van der Waals surface area contributed by atoms with Gasteiger partial charge in [-0.15, -0.1) is 23.1 Å². The van der Waals surface area contributed by atoms with Gasteiger partial charge in [-0.3, -0.25) is 14.5 Å². The van der Waals surface area contributed by atoms with Crippen molar-refractivity contribution in [2.75, 3.05) is 11.5 Å². The number of amides is 2. The number of nitrogens with one attached hydrogen (secondary N) is 1. The monoisotopic (exact) mass is 570 g/mol. The number of carboxylic acids is 2. The average molecular weight is 571 g/mol. The van der Waals surface area contributed by atoms with Gasteiger partial charge in [0.05, 0.1) is 11.7 Å². The summed E-state index contributed by atoms with van der Waals surface area (Å²) in [6.45, 7) is 2.74. The molecule has 4 heterocycles. The van der Waals surface area contributed by atoms with Gasteiger partial charge in [-0.05, 0) is 13.8 Å². The minimum atomic E-state index is -1.75. The van der Waals surface area contributed by atoms with Gasteiger partial charge < -0.3 is 30.9 Å². The molecule has 0 spiro atoms. The van der Waals surface area contributed by atoms with Crippen molar-refractivity contribution in [1.82, 2.24) is 15.2 Å². The van der Waals surface area contributed by atoms with E-state index in [1.54, 1.807) is 29.1 Å². The fourth-order valence-electron chi connectivity index (χ4n) is 3.56. The van der Waals surface area contributed by atoms with Gasteiger partial charge in [0.15, 0.2) is 29.8 Å². The number of nitrogens with two attached hydrogens (primary N) is 1. The van der Waals surface area contributed by atoms with Gasteiger partial charge in [0.2, 0.25) is 5.60 Å². The van der Waals surface area contributed by atoms with Crippen molar-refractivity contribution in [3.63, 3.8) is 0 Å². The zero-order valence-electron chi connectivity index (χ0n) is 19.6. The summed E-state index contributed by atoms with van der Waals surface area (Å²) in [5, 5.41) is 28.4. The van der Waals surface area contributed by atoms with E-state index in [9.17, 15) is 29.4 Å². The Kier molecular flexibility index (Phi) is 9.20. The van der Waals surface area contributed by atoms with Crippen LogP contribution >= 0.6 is 23.1 Å². The summed E-state index contributed by atoms with van der Waals surface area (Å²) in [4.78, 5) is 59.6. The number of fused-ring (bicyclic) bond motifs is 1. The number of nitrogens with zero attached hydrogens (tertiary/aromatic N) is 4. The Hall–Kier alpha value is -2.98. The van der Waals surface area contributed by atoms with Crippen LogP contribution < -0.4 is 20.7 Å². The molecule has 2 aromatic heterocycles. The number of anilines is 1. The number of rotatable bonds is 9. The first-order valence-electron chi connectivity index (χ1n) is 10.8. The van der Waals surface area contributed by atoms with E-state index in [0.717, 1.165) is 16.2 Å². The zero-order valence-corrected chi connectivity index (χ0v) is 21.2. The summed E-state index contributed by atoms with van der Waals surface area (Å²) in [6.07, 6.45) is 3.55. The van der Waals surface area contributed by atoms with Crippen LogP contribution in [0.25, 0.3) is 0 Å². The fraction of sp³-hybridized carbons (Fsp3) is 0.318. The molecule has 38 heavy (non-hydrogen) atoms. The second-order valence-electron chi connectivity index (χ2n) is 8.57. The van der Waals surface area contributed by atoms with Crippen LogP contribution in [0.3, 0.4) is 0 Å². The number of carbonyl (C=O) groups is 4. The van der Waals surface area contributed by atoms with Crippen LogP contribution in [0.1, 0.15) is 19.5 Å². The molecule has 1 saturated heterocycles. The number of thiazole rings is 1. The molecule has 2 aliphatic heterocycles. The van der Waals surface area contributed by atoms with E-state index in [0.29, 0.717) is 11.3 Å². The molecule has 1 fully saturated rings. The third kappa shape index (κ3) is 6.02. The molecule has 2 aromatic rings. The van der Waals surface area contributed by atoms with Crippen molar-refractivity contribution < 1.29 is 38.8 Å². The molecule has 4 N–H and O–H groups in total. The van der Waals surface area contributed by atoms with Crippen LogP contribution in [-0.4, -0.2) is 96.8 Å². The summed E-state index contributed by atoms with van der Waals surface area (Å²) in [7, 11) is 0. The van der Waals surface area contributed by atoms with E-state index >= 15 is 0 Å². The molecule has 0 aliphatic carbocycles. The number of hydrogen-bond acceptors (Lipinski definition) is 11. The Bertz CT molecular complexity index is 1330. The summed E-state index contributed by atoms with van der Waals surface area (Å²) in [5.41, 5.74) is 3.83. The number of thioether (sulfide) groups is 1. The number of aliphatic carboxylic acids is 2. The van der Waals surface area contributed by atoms with Gasteiger partial charge in [0, 0.05) is 28.8 Å². The first kappa shape index (κ1) is 29.6. The quantitative estimate of drug-likeness (QED) is 0.100. The maximum absolute atomic E-state index is 13.1. The van der Waals surface area contributed by atoms with E-state index < -0.39 is 40.8 Å². The molecule has 2 atom stereocenters. The molecule has 2 amide bonds. The summed E-state index contributed by atoms with van der Waals surface area (Å²) in [6, 6.07) is 4.36. The third-order valence-electron chi connectivity index (χ3n) is 5.54. The van der Waals surface area contributed by atoms with E-state index in [4.69, 9.17) is 10.6 Å². The number of aromatic nitrogens is 2. The second-order valence-corrected chi connectivity index (χ2v) is 10.6. The fourth-order valence-corrected chi connectivity index (χ4v) is 5.45. The molecule has 16 heteroatoms. The topological polar surface area (TPSA) is 191 Å². The van der Waals surface area contributed by atoms with Crippen LogP contribution in [0.4, 0.5) is 5.13 Å². The number of hydrogen-bond donors (Lipinski definition) is 3. The molecule has 196 valence electrons. The predicted molar refractivity (Wildman–Crippen MR) is 137 cm³/mol. The van der Waals surface area contributed by atoms with Crippen LogP contribution in [0.2, 0.25) is 0 Å².